The molecule has 0 bridgehead atoms. The normalized spacial score (nSPS) is 15.1. The highest BCUT2D eigenvalue weighted by Crippen LogP contribution is 2.22. The molecular formula is C43H82N2O5. The van der Waals surface area contributed by atoms with Crippen LogP contribution in [0.15, 0.2) is 0 Å². The number of carbonyl (C=O) groups excluding carboxylic acids is 3. The molecule has 7 heteroatoms. The maximum absolute atomic E-state index is 13.8. The van der Waals surface area contributed by atoms with Crippen LogP contribution >= 0.6 is 0 Å². The third-order valence-corrected chi connectivity index (χ3v) is 10.9. The molecule has 1 fully saturated rings. The zero-order valence-corrected chi connectivity index (χ0v) is 33.8. The van der Waals surface area contributed by atoms with Gasteiger partial charge in [-0.25, -0.2) is 0 Å². The van der Waals surface area contributed by atoms with E-state index < -0.39 is 0 Å². The van der Waals surface area contributed by atoms with E-state index in [1.165, 1.54) is 89.9 Å². The maximum atomic E-state index is 13.8. The second-order valence-corrected chi connectivity index (χ2v) is 15.3. The van der Waals surface area contributed by atoms with E-state index in [0.29, 0.717) is 13.1 Å². The molecule has 0 radical (unpaired) electrons. The summed E-state index contributed by atoms with van der Waals surface area (Å²) < 4.78 is 11.8. The van der Waals surface area contributed by atoms with E-state index in [9.17, 15) is 14.4 Å². The third-order valence-electron chi connectivity index (χ3n) is 10.9. The van der Waals surface area contributed by atoms with Gasteiger partial charge in [0.15, 0.2) is 0 Å². The van der Waals surface area contributed by atoms with Crippen LogP contribution in [0.5, 0.6) is 0 Å². The molecule has 1 aliphatic heterocycles. The lowest BCUT2D eigenvalue weighted by Crippen LogP contribution is -2.48. The Morgan fingerprint density at radius 3 is 1.20 bits per heavy atom. The van der Waals surface area contributed by atoms with E-state index in [4.69, 9.17) is 9.47 Å². The Hall–Kier alpha value is -1.63. The summed E-state index contributed by atoms with van der Waals surface area (Å²) in [6.07, 6.45) is 29.5. The van der Waals surface area contributed by atoms with Gasteiger partial charge in [0.05, 0.1) is 31.0 Å². The number of unbranched alkanes of at least 4 members (excludes halogenated alkanes) is 16. The van der Waals surface area contributed by atoms with E-state index >= 15 is 0 Å². The molecule has 0 aromatic rings. The lowest BCUT2D eigenvalue weighted by Gasteiger charge is -2.30. The molecule has 0 N–H and O–H groups in total. The lowest BCUT2D eigenvalue weighted by molar-refractivity contribution is -0.153. The first-order chi connectivity index (χ1) is 24.4. The molecule has 50 heavy (non-hydrogen) atoms. The number of hydrogen-bond donors (Lipinski definition) is 0. The number of esters is 2. The average Bonchev–Trinajstić information content (AvgIpc) is 3.67. The van der Waals surface area contributed by atoms with Crippen LogP contribution in [0.2, 0.25) is 0 Å². The van der Waals surface area contributed by atoms with Crippen LogP contribution in [-0.4, -0.2) is 73.1 Å². The summed E-state index contributed by atoms with van der Waals surface area (Å²) in [5.41, 5.74) is 0. The van der Waals surface area contributed by atoms with Gasteiger partial charge in [0.1, 0.15) is 13.2 Å². The number of nitrogens with zero attached hydrogens (tertiary/aromatic N) is 2. The van der Waals surface area contributed by atoms with E-state index in [2.05, 4.69) is 32.6 Å². The Morgan fingerprint density at radius 1 is 0.520 bits per heavy atom. The van der Waals surface area contributed by atoms with E-state index in [-0.39, 0.29) is 48.9 Å². The van der Waals surface area contributed by atoms with Crippen molar-refractivity contribution in [2.45, 2.75) is 208 Å². The molecule has 3 unspecified atom stereocenters. The van der Waals surface area contributed by atoms with Crippen LogP contribution < -0.4 is 0 Å². The number of hydrogen-bond acceptors (Lipinski definition) is 6. The van der Waals surface area contributed by atoms with Crippen molar-refractivity contribution in [3.05, 3.63) is 0 Å². The van der Waals surface area contributed by atoms with Crippen LogP contribution in [0, 0.1) is 11.8 Å². The zero-order chi connectivity index (χ0) is 36.7. The molecule has 1 amide bonds. The molecular weight excluding hydrogens is 624 g/mol. The summed E-state index contributed by atoms with van der Waals surface area (Å²) in [5.74, 6) is -0.310. The lowest BCUT2D eigenvalue weighted by atomic mass is 9.94. The molecule has 0 aromatic carbocycles. The molecule has 1 heterocycles. The first kappa shape index (κ1) is 46.4. The van der Waals surface area contributed by atoms with E-state index in [1.54, 1.807) is 4.90 Å². The minimum atomic E-state index is -0.234. The van der Waals surface area contributed by atoms with Crippen molar-refractivity contribution in [3.63, 3.8) is 0 Å². The Labute approximate surface area is 309 Å². The van der Waals surface area contributed by atoms with Crippen molar-refractivity contribution < 1.29 is 23.9 Å². The van der Waals surface area contributed by atoms with Crippen LogP contribution in [0.1, 0.15) is 202 Å². The van der Waals surface area contributed by atoms with E-state index in [1.807, 2.05) is 6.92 Å². The predicted molar refractivity (Wildman–Crippen MR) is 209 cm³/mol. The Bertz CT molecular complexity index is 780. The summed E-state index contributed by atoms with van der Waals surface area (Å²) in [5, 5.41) is 0. The van der Waals surface area contributed by atoms with Gasteiger partial charge in [0, 0.05) is 0 Å². The Morgan fingerprint density at radius 2 is 0.840 bits per heavy atom. The number of carbonyl (C=O) groups is 3. The van der Waals surface area contributed by atoms with Gasteiger partial charge in [-0.15, -0.1) is 0 Å². The summed E-state index contributed by atoms with van der Waals surface area (Å²) in [6, 6.07) is -0.234. The summed E-state index contributed by atoms with van der Waals surface area (Å²) in [4.78, 5) is 44.4. The molecule has 3 atom stereocenters. The molecule has 0 saturated carbocycles. The smallest absolute Gasteiger partial charge is 0.308 e. The second kappa shape index (κ2) is 32.1. The quantitative estimate of drug-likeness (QED) is 0.0490. The van der Waals surface area contributed by atoms with Crippen LogP contribution in [-0.2, 0) is 23.9 Å². The SMILES string of the molecule is CCCCCCCCC(CCCCCC)C(=O)OCCN(CCOC(=O)C(CCCCCC)CCCCCCCC)C(=O)C(C)N1CCCC1. The molecule has 0 aliphatic carbocycles. The Kier molecular flexibility index (Phi) is 29.7. The summed E-state index contributed by atoms with van der Waals surface area (Å²) in [6.45, 7) is 13.8. The van der Waals surface area contributed by atoms with Gasteiger partial charge in [0.2, 0.25) is 5.91 Å². The number of ether oxygens (including phenoxy) is 2. The van der Waals surface area contributed by atoms with Crippen LogP contribution in [0.4, 0.5) is 0 Å². The van der Waals surface area contributed by atoms with Gasteiger partial charge in [-0.05, 0) is 58.5 Å². The highest BCUT2D eigenvalue weighted by Gasteiger charge is 2.29. The molecule has 1 aliphatic rings. The van der Waals surface area contributed by atoms with Gasteiger partial charge < -0.3 is 14.4 Å². The first-order valence-electron chi connectivity index (χ1n) is 21.7. The number of amides is 1. The molecule has 294 valence electrons. The minimum Gasteiger partial charge on any atom is -0.464 e. The highest BCUT2D eigenvalue weighted by molar-refractivity contribution is 5.81. The molecule has 0 spiro atoms. The zero-order valence-electron chi connectivity index (χ0n) is 33.8. The topological polar surface area (TPSA) is 76.1 Å². The third kappa shape index (κ3) is 22.3. The Balaban J connectivity index is 2.78. The number of likely N-dealkylation sites (tertiary alicyclic amines) is 1. The monoisotopic (exact) mass is 707 g/mol. The fourth-order valence-corrected chi connectivity index (χ4v) is 7.37. The molecule has 1 rings (SSSR count). The van der Waals surface area contributed by atoms with Crippen molar-refractivity contribution in [2.75, 3.05) is 39.4 Å². The fraction of sp³-hybridized carbons (Fsp3) is 0.930. The average molecular weight is 707 g/mol. The molecule has 7 nitrogen and oxygen atoms in total. The second-order valence-electron chi connectivity index (χ2n) is 15.3. The summed E-state index contributed by atoms with van der Waals surface area (Å²) >= 11 is 0. The van der Waals surface area contributed by atoms with Crippen LogP contribution in [0.25, 0.3) is 0 Å². The maximum Gasteiger partial charge on any atom is 0.308 e. The largest absolute Gasteiger partial charge is 0.464 e. The number of rotatable bonds is 34. The van der Waals surface area contributed by atoms with Crippen molar-refractivity contribution in [3.8, 4) is 0 Å². The molecule has 0 aromatic heterocycles. The van der Waals surface area contributed by atoms with Gasteiger partial charge in [-0.3, -0.25) is 19.3 Å². The van der Waals surface area contributed by atoms with E-state index in [0.717, 1.165) is 90.1 Å². The van der Waals surface area contributed by atoms with Crippen molar-refractivity contribution in [2.24, 2.45) is 11.8 Å². The van der Waals surface area contributed by atoms with Crippen molar-refractivity contribution >= 4 is 17.8 Å². The van der Waals surface area contributed by atoms with Gasteiger partial charge in [-0.2, -0.15) is 0 Å². The molecule has 1 saturated heterocycles. The summed E-state index contributed by atoms with van der Waals surface area (Å²) in [7, 11) is 0. The van der Waals surface area contributed by atoms with Gasteiger partial charge in [-0.1, -0.05) is 156 Å². The fourth-order valence-electron chi connectivity index (χ4n) is 7.37. The standard InChI is InChI=1S/C43H82N2O5/c1-6-10-14-18-20-24-30-39(28-22-16-12-8-3)42(47)49-36-34-45(41(46)38(5)44-32-26-27-33-44)35-37-50-43(48)40(29-23-17-13-9-4)31-25-21-19-15-11-7-2/h38-40H,6-37H2,1-5H3. The predicted octanol–water partition coefficient (Wildman–Crippen LogP) is 11.1. The van der Waals surface area contributed by atoms with Crippen LogP contribution in [0.3, 0.4) is 0 Å². The highest BCUT2D eigenvalue weighted by atomic mass is 16.5. The van der Waals surface area contributed by atoms with Gasteiger partial charge >= 0.3 is 11.9 Å². The first-order valence-corrected chi connectivity index (χ1v) is 21.7. The van der Waals surface area contributed by atoms with Gasteiger partial charge in [0.25, 0.3) is 0 Å². The minimum absolute atomic E-state index is 0.0328. The van der Waals surface area contributed by atoms with Crippen molar-refractivity contribution in [1.82, 2.24) is 9.80 Å². The van der Waals surface area contributed by atoms with Crippen molar-refractivity contribution in [1.29, 1.82) is 0 Å².